The van der Waals surface area contributed by atoms with Gasteiger partial charge >= 0.3 is 0 Å². The summed E-state index contributed by atoms with van der Waals surface area (Å²) in [5.41, 5.74) is 2.64. The predicted molar refractivity (Wildman–Crippen MR) is 121 cm³/mol. The Morgan fingerprint density at radius 2 is 2.00 bits per heavy atom. The van der Waals surface area contributed by atoms with Crippen LogP contribution in [0.2, 0.25) is 25.7 Å². The monoisotopic (exact) mass is 479 g/mol. The van der Waals surface area contributed by atoms with Crippen molar-refractivity contribution in [1.29, 1.82) is 0 Å². The zero-order valence-electron chi connectivity index (χ0n) is 17.5. The van der Waals surface area contributed by atoms with Gasteiger partial charge in [0, 0.05) is 40.5 Å². The fourth-order valence-corrected chi connectivity index (χ4v) is 5.56. The summed E-state index contributed by atoms with van der Waals surface area (Å²) in [5.74, 6) is 0.232. The molecule has 2 aliphatic heterocycles. The lowest BCUT2D eigenvalue weighted by molar-refractivity contribution is -0.128. The van der Waals surface area contributed by atoms with Crippen molar-refractivity contribution < 1.29 is 9.53 Å². The Labute approximate surface area is 181 Å². The summed E-state index contributed by atoms with van der Waals surface area (Å²) in [5, 5.41) is 3.01. The summed E-state index contributed by atoms with van der Waals surface area (Å²) in [6, 6.07) is 1.15. The van der Waals surface area contributed by atoms with Crippen LogP contribution in [0.15, 0.2) is 17.0 Å². The van der Waals surface area contributed by atoms with Crippen LogP contribution in [-0.2, 0) is 16.3 Å². The number of carbonyl (C=O) groups is 1. The van der Waals surface area contributed by atoms with Gasteiger partial charge < -0.3 is 15.0 Å². The maximum atomic E-state index is 12.3. The van der Waals surface area contributed by atoms with Crippen LogP contribution in [0.4, 0.5) is 5.69 Å². The maximum absolute atomic E-state index is 12.3. The predicted octanol–water partition coefficient (Wildman–Crippen LogP) is 3.61. The zero-order valence-corrected chi connectivity index (χ0v) is 20.1. The fourth-order valence-electron chi connectivity index (χ4n) is 4.26. The van der Waals surface area contributed by atoms with Gasteiger partial charge in [-0.25, -0.2) is 9.97 Å². The number of aromatic nitrogens is 3. The zero-order chi connectivity index (χ0) is 20.6. The molecule has 0 saturated carbocycles. The molecule has 4 heterocycles. The number of hydrogen-bond acceptors (Lipinski definition) is 5. The number of carbonyl (C=O) groups excluding carboxylic acids is 1. The molecule has 0 bridgehead atoms. The number of halogens is 1. The van der Waals surface area contributed by atoms with Crippen molar-refractivity contribution in [3.63, 3.8) is 0 Å². The molecule has 0 unspecified atom stereocenters. The van der Waals surface area contributed by atoms with Gasteiger partial charge in [-0.05, 0) is 41.2 Å². The standard InChI is InChI=1S/C20H30BrN5O2Si/c1-29(2,3)11-10-28-14-26-13-24-16-17(15(21)12-23-18(16)26)25-8-5-20(6-9-25)4-7-22-19(20)27/h12-13H,4-11,14H2,1-3H3,(H,22,27). The number of pyridine rings is 1. The number of fused-ring (bicyclic) bond motifs is 1. The van der Waals surface area contributed by atoms with E-state index in [-0.39, 0.29) is 11.3 Å². The SMILES string of the molecule is C[Si](C)(C)CCOCn1cnc2c(N3CCC4(CCNC4=O)CC3)c(Br)cnc21. The highest BCUT2D eigenvalue weighted by molar-refractivity contribution is 9.10. The van der Waals surface area contributed by atoms with Crippen LogP contribution < -0.4 is 10.2 Å². The van der Waals surface area contributed by atoms with E-state index in [1.165, 1.54) is 0 Å². The smallest absolute Gasteiger partial charge is 0.226 e. The Morgan fingerprint density at radius 1 is 1.24 bits per heavy atom. The van der Waals surface area contributed by atoms with Crippen molar-refractivity contribution >= 4 is 46.8 Å². The summed E-state index contributed by atoms with van der Waals surface area (Å²) in [7, 11) is -1.10. The van der Waals surface area contributed by atoms with Crippen molar-refractivity contribution in [3.05, 3.63) is 17.0 Å². The topological polar surface area (TPSA) is 72.3 Å². The molecule has 2 aromatic heterocycles. The second-order valence-electron chi connectivity index (χ2n) is 9.46. The summed E-state index contributed by atoms with van der Waals surface area (Å²) < 4.78 is 8.82. The molecule has 0 atom stereocenters. The summed E-state index contributed by atoms with van der Waals surface area (Å²) in [6.07, 6.45) is 6.39. The van der Waals surface area contributed by atoms with Gasteiger partial charge in [-0.1, -0.05) is 19.6 Å². The first-order valence-electron chi connectivity index (χ1n) is 10.4. The number of nitrogens with zero attached hydrogens (tertiary/aromatic N) is 4. The van der Waals surface area contributed by atoms with E-state index in [4.69, 9.17) is 4.74 Å². The first-order chi connectivity index (χ1) is 13.8. The van der Waals surface area contributed by atoms with Gasteiger partial charge in [0.2, 0.25) is 5.91 Å². The second-order valence-corrected chi connectivity index (χ2v) is 15.9. The van der Waals surface area contributed by atoms with E-state index in [0.29, 0.717) is 6.73 Å². The molecule has 2 fully saturated rings. The Kier molecular flexibility index (Phi) is 5.74. The minimum atomic E-state index is -1.10. The molecule has 1 N–H and O–H groups in total. The van der Waals surface area contributed by atoms with Gasteiger partial charge in [-0.15, -0.1) is 0 Å². The third-order valence-electron chi connectivity index (χ3n) is 6.20. The first-order valence-corrected chi connectivity index (χ1v) is 14.9. The normalized spacial score (nSPS) is 19.3. The van der Waals surface area contributed by atoms with E-state index in [9.17, 15) is 4.79 Å². The number of anilines is 1. The lowest BCUT2D eigenvalue weighted by atomic mass is 9.77. The lowest BCUT2D eigenvalue weighted by Gasteiger charge is -2.38. The minimum absolute atomic E-state index is 0.168. The summed E-state index contributed by atoms with van der Waals surface area (Å²) >= 11 is 3.68. The van der Waals surface area contributed by atoms with E-state index in [2.05, 4.69) is 55.8 Å². The van der Waals surface area contributed by atoms with E-state index in [0.717, 1.165) is 72.9 Å². The molecular weight excluding hydrogens is 450 g/mol. The number of piperidine rings is 1. The highest BCUT2D eigenvalue weighted by Gasteiger charge is 2.44. The average Bonchev–Trinajstić information content (AvgIpc) is 3.23. The molecule has 2 aromatic rings. The van der Waals surface area contributed by atoms with Crippen LogP contribution in [-0.4, -0.2) is 54.8 Å². The van der Waals surface area contributed by atoms with Crippen molar-refractivity contribution in [2.24, 2.45) is 5.41 Å². The van der Waals surface area contributed by atoms with Crippen molar-refractivity contribution in [2.75, 3.05) is 31.1 Å². The molecule has 1 spiro atoms. The molecule has 0 radical (unpaired) electrons. The summed E-state index contributed by atoms with van der Waals surface area (Å²) in [6.45, 7) is 10.8. The molecule has 2 saturated heterocycles. The van der Waals surface area contributed by atoms with Gasteiger partial charge in [0.25, 0.3) is 0 Å². The molecule has 1 amide bonds. The third-order valence-corrected chi connectivity index (χ3v) is 8.48. The largest absolute Gasteiger partial charge is 0.369 e. The fraction of sp³-hybridized carbons (Fsp3) is 0.650. The Hall–Kier alpha value is -1.45. The van der Waals surface area contributed by atoms with Gasteiger partial charge in [0.05, 0.1) is 21.9 Å². The van der Waals surface area contributed by atoms with E-state index < -0.39 is 8.07 Å². The number of amides is 1. The quantitative estimate of drug-likeness (QED) is 0.505. The van der Waals surface area contributed by atoms with Crippen molar-refractivity contribution in [3.8, 4) is 0 Å². The van der Waals surface area contributed by atoms with Crippen LogP contribution in [0.5, 0.6) is 0 Å². The van der Waals surface area contributed by atoms with Crippen LogP contribution >= 0.6 is 15.9 Å². The molecule has 158 valence electrons. The van der Waals surface area contributed by atoms with Crippen molar-refractivity contribution in [2.45, 2.75) is 51.7 Å². The maximum Gasteiger partial charge on any atom is 0.226 e. The van der Waals surface area contributed by atoms with Crippen LogP contribution in [0.3, 0.4) is 0 Å². The van der Waals surface area contributed by atoms with Gasteiger partial charge in [0.1, 0.15) is 12.2 Å². The number of rotatable bonds is 6. The average molecular weight is 480 g/mol. The van der Waals surface area contributed by atoms with E-state index >= 15 is 0 Å². The molecule has 29 heavy (non-hydrogen) atoms. The molecule has 0 aliphatic carbocycles. The highest BCUT2D eigenvalue weighted by atomic mass is 79.9. The van der Waals surface area contributed by atoms with Crippen LogP contribution in [0.1, 0.15) is 19.3 Å². The Morgan fingerprint density at radius 3 is 2.66 bits per heavy atom. The highest BCUT2D eigenvalue weighted by Crippen LogP contribution is 2.41. The molecule has 9 heteroatoms. The lowest BCUT2D eigenvalue weighted by Crippen LogP contribution is -2.44. The Bertz CT molecular complexity index is 902. The number of hydrogen-bond donors (Lipinski definition) is 1. The van der Waals surface area contributed by atoms with Crippen LogP contribution in [0.25, 0.3) is 11.2 Å². The molecule has 2 aliphatic rings. The van der Waals surface area contributed by atoms with Crippen LogP contribution in [0, 0.1) is 5.41 Å². The number of ether oxygens (including phenoxy) is 1. The van der Waals surface area contributed by atoms with Gasteiger partial charge in [-0.3, -0.25) is 9.36 Å². The van der Waals surface area contributed by atoms with Gasteiger partial charge in [-0.2, -0.15) is 0 Å². The van der Waals surface area contributed by atoms with E-state index in [1.807, 2.05) is 17.1 Å². The summed E-state index contributed by atoms with van der Waals surface area (Å²) in [4.78, 5) is 23.9. The molecule has 7 nitrogen and oxygen atoms in total. The number of imidazole rings is 1. The second kappa shape index (κ2) is 8.00. The number of nitrogens with one attached hydrogen (secondary N) is 1. The Balaban J connectivity index is 1.49. The minimum Gasteiger partial charge on any atom is -0.369 e. The first kappa shape index (κ1) is 20.8. The molecule has 0 aromatic carbocycles. The molecular formula is C20H30BrN5O2Si. The molecule has 4 rings (SSSR count). The van der Waals surface area contributed by atoms with Gasteiger partial charge in [0.15, 0.2) is 5.65 Å². The van der Waals surface area contributed by atoms with E-state index in [1.54, 1.807) is 0 Å². The van der Waals surface area contributed by atoms with Crippen molar-refractivity contribution in [1.82, 2.24) is 19.9 Å². The third kappa shape index (κ3) is 4.22.